The third kappa shape index (κ3) is 11.4. The van der Waals surface area contributed by atoms with E-state index in [1.54, 1.807) is 17.3 Å². The number of halogens is 4. The van der Waals surface area contributed by atoms with Crippen molar-refractivity contribution in [3.05, 3.63) is 59.7 Å². The normalized spacial score (nSPS) is 16.8. The maximum Gasteiger partial charge on any atom is 0.324 e. The first-order valence-corrected chi connectivity index (χ1v) is 15.8. The molecule has 2 aromatic heterocycles. The zero-order chi connectivity index (χ0) is 35.5. The summed E-state index contributed by atoms with van der Waals surface area (Å²) in [6.07, 6.45) is 6.42. The molecule has 0 spiro atoms. The highest BCUT2D eigenvalue weighted by Gasteiger charge is 2.34. The molecule has 1 unspecified atom stereocenters. The van der Waals surface area contributed by atoms with Gasteiger partial charge in [0.25, 0.3) is 12.4 Å². The average Bonchev–Trinajstić information content (AvgIpc) is 3.72. The van der Waals surface area contributed by atoms with Crippen LogP contribution in [0.3, 0.4) is 0 Å². The fourth-order valence-corrected chi connectivity index (χ4v) is 5.44. The van der Waals surface area contributed by atoms with E-state index in [0.29, 0.717) is 50.0 Å². The number of carbonyl (C=O) groups excluding carboxylic acids is 1. The summed E-state index contributed by atoms with van der Waals surface area (Å²) in [5, 5.41) is 13.9. The largest absolute Gasteiger partial charge is 0.483 e. The number of hydrogen-bond acceptors (Lipinski definition) is 10. The molecule has 3 aromatic rings. The van der Waals surface area contributed by atoms with E-state index in [-0.39, 0.29) is 30.0 Å². The van der Waals surface area contributed by atoms with Crippen molar-refractivity contribution < 1.29 is 36.8 Å². The van der Waals surface area contributed by atoms with Crippen molar-refractivity contribution in [2.75, 3.05) is 42.5 Å². The Morgan fingerprint density at radius 2 is 1.56 bits per heavy atom. The molecule has 2 aliphatic heterocycles. The van der Waals surface area contributed by atoms with E-state index in [1.165, 1.54) is 0 Å². The number of alkyl halides is 2. The molecule has 4 heterocycles. The molecule has 2 N–H and O–H groups in total. The minimum Gasteiger partial charge on any atom is -0.483 e. The van der Waals surface area contributed by atoms with E-state index in [0.717, 1.165) is 57.1 Å². The van der Waals surface area contributed by atoms with Crippen molar-refractivity contribution in [1.29, 1.82) is 0 Å². The van der Waals surface area contributed by atoms with Gasteiger partial charge in [-0.05, 0) is 70.7 Å². The highest BCUT2D eigenvalue weighted by atomic mass is 19.3. The second-order valence-corrected chi connectivity index (χ2v) is 12.6. The third-order valence-corrected chi connectivity index (χ3v) is 7.51. The Morgan fingerprint density at radius 3 is 2.04 bits per heavy atom. The fourth-order valence-electron chi connectivity index (χ4n) is 5.44. The van der Waals surface area contributed by atoms with Gasteiger partial charge >= 0.3 is 11.9 Å². The number of nitrogens with zero attached hydrogens (tertiary/aromatic N) is 7. The van der Waals surface area contributed by atoms with E-state index in [9.17, 15) is 22.4 Å². The first kappa shape index (κ1) is 38.1. The summed E-state index contributed by atoms with van der Waals surface area (Å²) in [6.45, 7) is 12.4. The number of carboxylic acid groups (broad SMARTS) is 1. The number of rotatable bonds is 8. The third-order valence-electron chi connectivity index (χ3n) is 7.51. The van der Waals surface area contributed by atoms with Crippen LogP contribution in [0.5, 0.6) is 0 Å². The molecule has 2 fully saturated rings. The number of nitrogens with one attached hydrogen (secondary N) is 1. The van der Waals surface area contributed by atoms with Crippen molar-refractivity contribution >= 4 is 24.3 Å². The Kier molecular flexibility index (Phi) is 13.6. The summed E-state index contributed by atoms with van der Waals surface area (Å²) in [6, 6.07) is 4.80. The number of anilines is 2. The summed E-state index contributed by atoms with van der Waals surface area (Å²) in [4.78, 5) is 40.5. The van der Waals surface area contributed by atoms with Crippen molar-refractivity contribution in [2.45, 2.75) is 83.8 Å². The van der Waals surface area contributed by atoms with Crippen LogP contribution >= 0.6 is 0 Å². The summed E-state index contributed by atoms with van der Waals surface area (Å²) in [7, 11) is 0. The molecule has 0 radical (unpaired) electrons. The summed E-state index contributed by atoms with van der Waals surface area (Å²) < 4.78 is 55.8. The van der Waals surface area contributed by atoms with Gasteiger partial charge in [-0.3, -0.25) is 9.59 Å². The molecule has 2 aliphatic rings. The summed E-state index contributed by atoms with van der Waals surface area (Å²) in [5.74, 6) is -4.04. The van der Waals surface area contributed by atoms with E-state index in [1.807, 2.05) is 11.8 Å². The topological polar surface area (TPSA) is 141 Å². The number of piperidine rings is 1. The lowest BCUT2D eigenvalue weighted by Gasteiger charge is -2.37. The minimum atomic E-state index is -3.15. The molecule has 1 atom stereocenters. The minimum absolute atomic E-state index is 0.0150. The molecule has 0 saturated carbocycles. The molecule has 5 rings (SSSR count). The van der Waals surface area contributed by atoms with Crippen LogP contribution < -0.4 is 15.1 Å². The van der Waals surface area contributed by atoms with Crippen LogP contribution in [0.25, 0.3) is 0 Å². The molecule has 16 heteroatoms. The maximum absolute atomic E-state index is 13.5. The molecule has 1 amide bonds. The van der Waals surface area contributed by atoms with Gasteiger partial charge in [-0.1, -0.05) is 12.1 Å². The second kappa shape index (κ2) is 17.2. The molecule has 1 aromatic carbocycles. The Balaban J connectivity index is 0.000000485. The summed E-state index contributed by atoms with van der Waals surface area (Å²) >= 11 is 0. The number of hydrogen-bond donors (Lipinski definition) is 2. The van der Waals surface area contributed by atoms with Crippen molar-refractivity contribution in [3.8, 4) is 0 Å². The molecule has 48 heavy (non-hydrogen) atoms. The van der Waals surface area contributed by atoms with Crippen molar-refractivity contribution in [3.63, 3.8) is 0 Å². The van der Waals surface area contributed by atoms with Gasteiger partial charge in [-0.15, -0.1) is 0 Å². The zero-order valence-corrected chi connectivity index (χ0v) is 27.9. The second-order valence-electron chi connectivity index (χ2n) is 12.6. The van der Waals surface area contributed by atoms with Gasteiger partial charge in [-0.25, -0.2) is 18.7 Å². The van der Waals surface area contributed by atoms with Crippen molar-refractivity contribution in [1.82, 2.24) is 30.3 Å². The average molecular weight is 681 g/mol. The number of carbonyl (C=O) groups is 2. The lowest BCUT2D eigenvalue weighted by Crippen LogP contribution is -2.48. The molecule has 0 bridgehead atoms. The van der Waals surface area contributed by atoms with Crippen LogP contribution in [0.4, 0.5) is 29.5 Å². The smallest absolute Gasteiger partial charge is 0.324 e. The predicted molar refractivity (Wildman–Crippen MR) is 171 cm³/mol. The Labute approximate surface area is 277 Å². The quantitative estimate of drug-likeness (QED) is 0.242. The van der Waals surface area contributed by atoms with Gasteiger partial charge in [0.2, 0.25) is 11.8 Å². The van der Waals surface area contributed by atoms with E-state index < -0.39 is 23.4 Å². The Hall–Kier alpha value is -4.34. The molecule has 12 nitrogen and oxygen atoms in total. The van der Waals surface area contributed by atoms with Crippen LogP contribution in [-0.4, -0.2) is 92.8 Å². The van der Waals surface area contributed by atoms with E-state index >= 15 is 0 Å². The van der Waals surface area contributed by atoms with Crippen molar-refractivity contribution in [2.24, 2.45) is 0 Å². The lowest BCUT2D eigenvalue weighted by atomic mass is 10.0. The Morgan fingerprint density at radius 1 is 1.02 bits per heavy atom. The first-order valence-electron chi connectivity index (χ1n) is 15.8. The molecular formula is C32H44F4N8O4. The van der Waals surface area contributed by atoms with Gasteiger partial charge in [0, 0.05) is 69.7 Å². The highest BCUT2D eigenvalue weighted by Crippen LogP contribution is 2.28. The molecule has 2 saturated heterocycles. The van der Waals surface area contributed by atoms with Gasteiger partial charge in [0.1, 0.15) is 11.6 Å². The monoisotopic (exact) mass is 680 g/mol. The standard InChI is InChI=1S/C25H38F2N8O2.C6H4F2.CH2O2/c1-6-10-35(19-8-12-33(13-9-19)23-30-21(32-37-23)25(5,26)27)20(36)17-14-28-22(29-15-17)34-11-7-18(16-34)31-24(2,3)4;7-5-1-2-6(8)4-3-5;2-1-3/h14-15,18-19,31H,6-13,16H2,1-5H3;1-4H;1H,(H,2,3). The van der Waals surface area contributed by atoms with Gasteiger partial charge in [0.15, 0.2) is 0 Å². The van der Waals surface area contributed by atoms with E-state index in [2.05, 4.69) is 51.1 Å². The molecular weight excluding hydrogens is 636 g/mol. The number of amides is 1. The molecule has 264 valence electrons. The molecule has 0 aliphatic carbocycles. The maximum atomic E-state index is 13.5. The summed E-state index contributed by atoms with van der Waals surface area (Å²) in [5.41, 5.74) is 0.518. The van der Waals surface area contributed by atoms with E-state index in [4.69, 9.17) is 14.4 Å². The van der Waals surface area contributed by atoms with Crippen LogP contribution in [0, 0.1) is 11.6 Å². The SMILES string of the molecule is CCCN(C(=O)c1cnc(N2CCC(NC(C)(C)C)C2)nc1)C1CCN(c2nc(C(C)(F)F)no2)CC1.Fc1ccc(F)cc1.O=CO. The predicted octanol–water partition coefficient (Wildman–Crippen LogP) is 5.12. The van der Waals surface area contributed by atoms with Crippen LogP contribution in [0.2, 0.25) is 0 Å². The highest BCUT2D eigenvalue weighted by molar-refractivity contribution is 5.94. The van der Waals surface area contributed by atoms with Crippen LogP contribution in [-0.2, 0) is 10.7 Å². The van der Waals surface area contributed by atoms with Crippen LogP contribution in [0.15, 0.2) is 41.2 Å². The Bertz CT molecular complexity index is 1400. The lowest BCUT2D eigenvalue weighted by molar-refractivity contribution is -0.122. The fraction of sp³-hybridized carbons (Fsp3) is 0.562. The van der Waals surface area contributed by atoms with Gasteiger partial charge in [-0.2, -0.15) is 13.8 Å². The number of benzene rings is 1. The van der Waals surface area contributed by atoms with Crippen LogP contribution in [0.1, 0.15) is 76.5 Å². The zero-order valence-electron chi connectivity index (χ0n) is 27.9. The number of aromatic nitrogens is 4. The van der Waals surface area contributed by atoms with Gasteiger partial charge in [0.05, 0.1) is 5.56 Å². The first-order chi connectivity index (χ1) is 22.6. The van der Waals surface area contributed by atoms with Gasteiger partial charge < -0.3 is 29.6 Å².